The molecule has 7 nitrogen and oxygen atoms in total. The number of allylic oxidation sites excluding steroid dienone is 1. The molecule has 1 fully saturated rings. The summed E-state index contributed by atoms with van der Waals surface area (Å²) in [4.78, 5) is 28.7. The average molecular weight is 428 g/mol. The maximum atomic E-state index is 11.5. The van der Waals surface area contributed by atoms with E-state index in [-0.39, 0.29) is 5.91 Å². The number of aromatic nitrogens is 2. The van der Waals surface area contributed by atoms with E-state index >= 15 is 0 Å². The molecule has 32 heavy (non-hydrogen) atoms. The highest BCUT2D eigenvalue weighted by Gasteiger charge is 2.18. The van der Waals surface area contributed by atoms with Crippen LogP contribution in [0, 0.1) is 0 Å². The quantitative estimate of drug-likeness (QED) is 0.623. The lowest BCUT2D eigenvalue weighted by Crippen LogP contribution is -2.47. The highest BCUT2D eigenvalue weighted by atomic mass is 16.5. The summed E-state index contributed by atoms with van der Waals surface area (Å²) in [5.41, 5.74) is 3.34. The lowest BCUT2D eigenvalue weighted by molar-refractivity contribution is -0.130. The first kappa shape index (κ1) is 20.3. The molecule has 2 aromatic carbocycles. The second kappa shape index (κ2) is 8.88. The molecule has 3 heterocycles. The van der Waals surface area contributed by atoms with Crippen molar-refractivity contribution in [1.29, 1.82) is 0 Å². The molecule has 2 aliphatic heterocycles. The van der Waals surface area contributed by atoms with Crippen molar-refractivity contribution < 1.29 is 9.53 Å². The Morgan fingerprint density at radius 3 is 2.47 bits per heavy atom. The van der Waals surface area contributed by atoms with E-state index in [4.69, 9.17) is 4.74 Å². The molecule has 3 aromatic rings. The van der Waals surface area contributed by atoms with Gasteiger partial charge in [-0.15, -0.1) is 0 Å². The number of carbonyl (C=O) groups excluding carboxylic acids is 1. The number of ether oxygens (including phenoxy) is 1. The number of piperazine rings is 1. The van der Waals surface area contributed by atoms with Crippen molar-refractivity contribution in [3.05, 3.63) is 66.0 Å². The molecule has 0 aliphatic carbocycles. The van der Waals surface area contributed by atoms with Crippen molar-refractivity contribution in [1.82, 2.24) is 19.8 Å². The summed E-state index contributed by atoms with van der Waals surface area (Å²) in [6.07, 6.45) is 7.32. The normalized spacial score (nSPS) is 16.4. The zero-order valence-corrected chi connectivity index (χ0v) is 18.1. The maximum Gasteiger partial charge on any atom is 0.321 e. The van der Waals surface area contributed by atoms with Crippen molar-refractivity contribution in [2.24, 2.45) is 4.99 Å². The standard InChI is InChI=1S/C25H25N5O2/c1-18(31)30-10-8-29(9-11-30)17-19-2-3-21-13-24(5-4-20(21)12-19)32-25-27-15-23(16-28-25)22-6-7-26-14-22/h2-7,12-13,15-16H,8-11,14,17H2,1H3. The Morgan fingerprint density at radius 1 is 1.00 bits per heavy atom. The monoisotopic (exact) mass is 427 g/mol. The minimum absolute atomic E-state index is 0.163. The Kier molecular flexibility index (Phi) is 5.64. The van der Waals surface area contributed by atoms with Crippen LogP contribution in [0.1, 0.15) is 18.1 Å². The van der Waals surface area contributed by atoms with Crippen LogP contribution in [0.2, 0.25) is 0 Å². The highest BCUT2D eigenvalue weighted by Crippen LogP contribution is 2.26. The average Bonchev–Trinajstić information content (AvgIpc) is 3.35. The number of hydrogen-bond acceptors (Lipinski definition) is 6. The Hall–Kier alpha value is -3.58. The summed E-state index contributed by atoms with van der Waals surface area (Å²) in [5, 5.41) is 2.28. The second-order valence-corrected chi connectivity index (χ2v) is 8.16. The van der Waals surface area contributed by atoms with Crippen LogP contribution >= 0.6 is 0 Å². The van der Waals surface area contributed by atoms with Gasteiger partial charge in [0.25, 0.3) is 0 Å². The van der Waals surface area contributed by atoms with Gasteiger partial charge in [0.05, 0.1) is 6.54 Å². The van der Waals surface area contributed by atoms with Gasteiger partial charge in [-0.25, -0.2) is 9.97 Å². The predicted octanol–water partition coefficient (Wildman–Crippen LogP) is 3.55. The molecule has 7 heteroatoms. The zero-order valence-electron chi connectivity index (χ0n) is 18.1. The SMILES string of the molecule is CC(=O)N1CCN(Cc2ccc3cc(Oc4ncc(C5=CC=NC5)cn4)ccc3c2)CC1. The summed E-state index contributed by atoms with van der Waals surface area (Å²) in [5.74, 6) is 0.872. The van der Waals surface area contributed by atoms with Gasteiger partial charge in [-0.05, 0) is 46.2 Å². The smallest absolute Gasteiger partial charge is 0.321 e. The first-order valence-electron chi connectivity index (χ1n) is 10.8. The Balaban J connectivity index is 1.23. The number of fused-ring (bicyclic) bond motifs is 1. The zero-order chi connectivity index (χ0) is 21.9. The molecule has 0 N–H and O–H groups in total. The molecule has 1 amide bonds. The molecular formula is C25H25N5O2. The van der Waals surface area contributed by atoms with E-state index < -0.39 is 0 Å². The summed E-state index contributed by atoms with van der Waals surface area (Å²) in [6, 6.07) is 12.9. The molecule has 5 rings (SSSR count). The van der Waals surface area contributed by atoms with Crippen LogP contribution in [-0.2, 0) is 11.3 Å². The van der Waals surface area contributed by atoms with E-state index in [1.807, 2.05) is 23.1 Å². The van der Waals surface area contributed by atoms with Crippen molar-refractivity contribution >= 4 is 28.5 Å². The van der Waals surface area contributed by atoms with E-state index in [2.05, 4.69) is 44.1 Å². The van der Waals surface area contributed by atoms with Crippen molar-refractivity contribution in [3.8, 4) is 11.8 Å². The highest BCUT2D eigenvalue weighted by molar-refractivity contribution is 5.89. The summed E-state index contributed by atoms with van der Waals surface area (Å²) < 4.78 is 5.87. The van der Waals surface area contributed by atoms with Crippen LogP contribution in [0.25, 0.3) is 16.3 Å². The molecule has 1 aromatic heterocycles. The molecule has 0 unspecified atom stereocenters. The number of amides is 1. The van der Waals surface area contributed by atoms with Gasteiger partial charge < -0.3 is 9.64 Å². The largest absolute Gasteiger partial charge is 0.424 e. The minimum atomic E-state index is 0.163. The molecule has 0 saturated carbocycles. The fourth-order valence-electron chi connectivity index (χ4n) is 4.09. The molecule has 0 spiro atoms. The van der Waals surface area contributed by atoms with Crippen LogP contribution in [0.5, 0.6) is 11.8 Å². The first-order valence-corrected chi connectivity index (χ1v) is 10.8. The third-order valence-electron chi connectivity index (χ3n) is 5.95. The third kappa shape index (κ3) is 4.53. The minimum Gasteiger partial charge on any atom is -0.424 e. The molecule has 162 valence electrons. The summed E-state index contributed by atoms with van der Waals surface area (Å²) in [6.45, 7) is 6.63. The van der Waals surface area contributed by atoms with Crippen LogP contribution in [0.15, 0.2) is 59.9 Å². The first-order chi connectivity index (χ1) is 15.6. The molecule has 0 bridgehead atoms. The Bertz CT molecular complexity index is 1190. The number of carbonyl (C=O) groups is 1. The molecule has 2 aliphatic rings. The number of hydrogen-bond donors (Lipinski definition) is 0. The fraction of sp³-hybridized carbons (Fsp3) is 0.280. The van der Waals surface area contributed by atoms with E-state index in [0.717, 1.165) is 49.2 Å². The van der Waals surface area contributed by atoms with Crippen molar-refractivity contribution in [2.75, 3.05) is 32.7 Å². The Morgan fingerprint density at radius 2 is 1.75 bits per heavy atom. The van der Waals surface area contributed by atoms with E-state index in [0.29, 0.717) is 18.3 Å². The fourth-order valence-corrected chi connectivity index (χ4v) is 4.09. The summed E-state index contributed by atoms with van der Waals surface area (Å²) in [7, 11) is 0. The maximum absolute atomic E-state index is 11.5. The molecule has 0 atom stereocenters. The van der Waals surface area contributed by atoms with E-state index in [1.54, 1.807) is 25.5 Å². The van der Waals surface area contributed by atoms with Crippen molar-refractivity contribution in [2.45, 2.75) is 13.5 Å². The lowest BCUT2D eigenvalue weighted by Gasteiger charge is -2.34. The van der Waals surface area contributed by atoms with Crippen LogP contribution in [-0.4, -0.2) is 64.6 Å². The van der Waals surface area contributed by atoms with Gasteiger partial charge in [0.15, 0.2) is 0 Å². The van der Waals surface area contributed by atoms with Gasteiger partial charge in [-0.1, -0.05) is 18.2 Å². The number of aliphatic imine (C=N–C) groups is 1. The lowest BCUT2D eigenvalue weighted by atomic mass is 10.1. The number of rotatable bonds is 5. The van der Waals surface area contributed by atoms with Gasteiger partial charge in [-0.3, -0.25) is 14.7 Å². The number of benzene rings is 2. The van der Waals surface area contributed by atoms with Gasteiger partial charge in [0, 0.05) is 63.8 Å². The van der Waals surface area contributed by atoms with Gasteiger partial charge in [-0.2, -0.15) is 0 Å². The van der Waals surface area contributed by atoms with Crippen LogP contribution < -0.4 is 4.74 Å². The van der Waals surface area contributed by atoms with Crippen LogP contribution in [0.3, 0.4) is 0 Å². The topological polar surface area (TPSA) is 70.9 Å². The molecular weight excluding hydrogens is 402 g/mol. The van der Waals surface area contributed by atoms with Crippen LogP contribution in [0.4, 0.5) is 0 Å². The molecule has 0 radical (unpaired) electrons. The predicted molar refractivity (Wildman–Crippen MR) is 125 cm³/mol. The summed E-state index contributed by atoms with van der Waals surface area (Å²) >= 11 is 0. The van der Waals surface area contributed by atoms with E-state index in [1.165, 1.54) is 10.9 Å². The van der Waals surface area contributed by atoms with Gasteiger partial charge >= 0.3 is 6.01 Å². The van der Waals surface area contributed by atoms with E-state index in [9.17, 15) is 4.79 Å². The van der Waals surface area contributed by atoms with Crippen molar-refractivity contribution in [3.63, 3.8) is 0 Å². The Labute approximate surface area is 187 Å². The number of nitrogens with zero attached hydrogens (tertiary/aromatic N) is 5. The third-order valence-corrected chi connectivity index (χ3v) is 5.95. The molecule has 1 saturated heterocycles. The van der Waals surface area contributed by atoms with Gasteiger partial charge in [0.1, 0.15) is 5.75 Å². The second-order valence-electron chi connectivity index (χ2n) is 8.16. The van der Waals surface area contributed by atoms with Gasteiger partial charge in [0.2, 0.25) is 5.91 Å².